The minimum Gasteiger partial charge on any atom is -0.342 e. The van der Waals surface area contributed by atoms with Crippen molar-refractivity contribution in [3.63, 3.8) is 0 Å². The van der Waals surface area contributed by atoms with Gasteiger partial charge in [0.2, 0.25) is 0 Å². The molecule has 5 nitrogen and oxygen atoms in total. The summed E-state index contributed by atoms with van der Waals surface area (Å²) in [6.45, 7) is 6.21. The molecule has 0 aliphatic rings. The third-order valence-corrected chi connectivity index (χ3v) is 3.88. The van der Waals surface area contributed by atoms with E-state index in [0.717, 1.165) is 48.6 Å². The van der Waals surface area contributed by atoms with E-state index in [1.165, 1.54) is 0 Å². The highest BCUT2D eigenvalue weighted by Crippen LogP contribution is 2.10. The van der Waals surface area contributed by atoms with Gasteiger partial charge in [0.15, 0.2) is 0 Å². The Morgan fingerprint density at radius 1 is 1.32 bits per heavy atom. The van der Waals surface area contributed by atoms with Crippen LogP contribution in [0, 0.1) is 0 Å². The molecule has 2 heterocycles. The van der Waals surface area contributed by atoms with Gasteiger partial charge in [0.25, 0.3) is 0 Å². The van der Waals surface area contributed by atoms with Gasteiger partial charge in [-0.2, -0.15) is 0 Å². The Bertz CT molecular complexity index is 694. The largest absolute Gasteiger partial charge is 0.342 e. The Morgan fingerprint density at radius 3 is 3.00 bits per heavy atom. The van der Waals surface area contributed by atoms with E-state index in [-0.39, 0.29) is 0 Å². The van der Waals surface area contributed by atoms with Crippen LogP contribution in [0.25, 0.3) is 11.0 Å². The van der Waals surface area contributed by atoms with Crippen LogP contribution in [0.3, 0.4) is 0 Å². The van der Waals surface area contributed by atoms with Crippen molar-refractivity contribution in [2.45, 2.75) is 39.3 Å². The van der Waals surface area contributed by atoms with Crippen LogP contribution in [-0.2, 0) is 19.4 Å². The predicted molar refractivity (Wildman–Crippen MR) is 88.9 cm³/mol. The summed E-state index contributed by atoms with van der Waals surface area (Å²) in [4.78, 5) is 12.3. The number of hydrogen-bond donors (Lipinski definition) is 2. The molecule has 0 radical (unpaired) electrons. The summed E-state index contributed by atoms with van der Waals surface area (Å²) in [5.41, 5.74) is 2.15. The number of aryl methyl sites for hydroxylation is 1. The van der Waals surface area contributed by atoms with E-state index in [2.05, 4.69) is 50.9 Å². The van der Waals surface area contributed by atoms with Crippen molar-refractivity contribution in [1.82, 2.24) is 24.8 Å². The number of rotatable bonds is 7. The molecule has 0 fully saturated rings. The molecule has 0 spiro atoms. The van der Waals surface area contributed by atoms with Gasteiger partial charge in [-0.05, 0) is 19.1 Å². The van der Waals surface area contributed by atoms with Crippen molar-refractivity contribution in [2.24, 2.45) is 0 Å². The molecule has 5 heteroatoms. The summed E-state index contributed by atoms with van der Waals surface area (Å²) < 4.78 is 2.22. The first kappa shape index (κ1) is 14.8. The number of nitrogens with zero attached hydrogens (tertiary/aromatic N) is 3. The Labute approximate surface area is 130 Å². The van der Waals surface area contributed by atoms with Gasteiger partial charge < -0.3 is 14.9 Å². The Morgan fingerprint density at radius 2 is 2.18 bits per heavy atom. The van der Waals surface area contributed by atoms with E-state index >= 15 is 0 Å². The summed E-state index contributed by atoms with van der Waals surface area (Å²) in [6, 6.07) is 8.55. The van der Waals surface area contributed by atoms with Crippen LogP contribution in [0.5, 0.6) is 0 Å². The summed E-state index contributed by atoms with van der Waals surface area (Å²) in [6.07, 6.45) is 5.80. The maximum absolute atomic E-state index is 4.60. The highest BCUT2D eigenvalue weighted by Gasteiger charge is 2.07. The first-order valence-electron chi connectivity index (χ1n) is 7.93. The minimum absolute atomic E-state index is 0.406. The topological polar surface area (TPSA) is 58.5 Å². The monoisotopic (exact) mass is 297 g/mol. The van der Waals surface area contributed by atoms with Crippen molar-refractivity contribution in [3.05, 3.63) is 48.3 Å². The lowest BCUT2D eigenvalue weighted by Gasteiger charge is -2.15. The van der Waals surface area contributed by atoms with E-state index in [0.29, 0.717) is 6.04 Å². The first-order chi connectivity index (χ1) is 10.8. The fourth-order valence-corrected chi connectivity index (χ4v) is 2.74. The number of para-hydroxylation sites is 2. The SMILES string of the molecule is CCc1nccn1CC(C)NCCc1nc2ccccc2[nH]1. The molecule has 116 valence electrons. The zero-order chi connectivity index (χ0) is 15.4. The van der Waals surface area contributed by atoms with Gasteiger partial charge in [0.1, 0.15) is 11.6 Å². The minimum atomic E-state index is 0.406. The quantitative estimate of drug-likeness (QED) is 0.704. The number of imidazole rings is 2. The molecule has 0 amide bonds. The molecule has 0 bridgehead atoms. The highest BCUT2D eigenvalue weighted by atomic mass is 15.1. The van der Waals surface area contributed by atoms with E-state index in [1.54, 1.807) is 0 Å². The standard InChI is InChI=1S/C17H23N5/c1-3-17-19-10-11-22(17)12-13(2)18-9-8-16-20-14-6-4-5-7-15(14)21-16/h4-7,10-11,13,18H,3,8-9,12H2,1-2H3,(H,20,21). The van der Waals surface area contributed by atoms with Gasteiger partial charge in [0, 0.05) is 44.4 Å². The average molecular weight is 297 g/mol. The Hall–Kier alpha value is -2.14. The molecule has 0 saturated heterocycles. The second-order valence-electron chi connectivity index (χ2n) is 5.66. The van der Waals surface area contributed by atoms with Crippen molar-refractivity contribution in [1.29, 1.82) is 0 Å². The zero-order valence-electron chi connectivity index (χ0n) is 13.2. The molecular formula is C17H23N5. The highest BCUT2D eigenvalue weighted by molar-refractivity contribution is 5.74. The van der Waals surface area contributed by atoms with Crippen molar-refractivity contribution < 1.29 is 0 Å². The number of hydrogen-bond acceptors (Lipinski definition) is 3. The molecule has 1 atom stereocenters. The van der Waals surface area contributed by atoms with Crippen LogP contribution in [-0.4, -0.2) is 32.1 Å². The van der Waals surface area contributed by atoms with Crippen LogP contribution < -0.4 is 5.32 Å². The van der Waals surface area contributed by atoms with E-state index < -0.39 is 0 Å². The molecule has 2 aromatic heterocycles. The van der Waals surface area contributed by atoms with Crippen LogP contribution in [0.4, 0.5) is 0 Å². The number of aromatic amines is 1. The van der Waals surface area contributed by atoms with Crippen molar-refractivity contribution >= 4 is 11.0 Å². The van der Waals surface area contributed by atoms with Crippen molar-refractivity contribution in [3.8, 4) is 0 Å². The Kier molecular flexibility index (Phi) is 4.53. The van der Waals surface area contributed by atoms with E-state index in [4.69, 9.17) is 0 Å². The smallest absolute Gasteiger partial charge is 0.108 e. The first-order valence-corrected chi connectivity index (χ1v) is 7.93. The summed E-state index contributed by atoms with van der Waals surface area (Å²) >= 11 is 0. The van der Waals surface area contributed by atoms with Gasteiger partial charge in [-0.25, -0.2) is 9.97 Å². The third-order valence-electron chi connectivity index (χ3n) is 3.88. The molecule has 1 aromatic carbocycles. The molecule has 0 aliphatic carbocycles. The fraction of sp³-hybridized carbons (Fsp3) is 0.412. The van der Waals surface area contributed by atoms with Crippen LogP contribution in [0.15, 0.2) is 36.7 Å². The Balaban J connectivity index is 1.50. The number of aromatic nitrogens is 4. The second kappa shape index (κ2) is 6.75. The van der Waals surface area contributed by atoms with Gasteiger partial charge in [0.05, 0.1) is 11.0 Å². The van der Waals surface area contributed by atoms with Crippen LogP contribution >= 0.6 is 0 Å². The molecule has 1 unspecified atom stereocenters. The van der Waals surface area contributed by atoms with E-state index in [9.17, 15) is 0 Å². The second-order valence-corrected chi connectivity index (χ2v) is 5.66. The summed E-state index contributed by atoms with van der Waals surface area (Å²) in [7, 11) is 0. The molecular weight excluding hydrogens is 274 g/mol. The molecule has 22 heavy (non-hydrogen) atoms. The maximum atomic E-state index is 4.60. The van der Waals surface area contributed by atoms with E-state index in [1.807, 2.05) is 24.4 Å². The third kappa shape index (κ3) is 3.36. The van der Waals surface area contributed by atoms with Gasteiger partial charge in [-0.1, -0.05) is 19.1 Å². The molecule has 0 aliphatic heterocycles. The zero-order valence-corrected chi connectivity index (χ0v) is 13.2. The summed E-state index contributed by atoms with van der Waals surface area (Å²) in [5, 5.41) is 3.56. The van der Waals surface area contributed by atoms with Gasteiger partial charge in [-0.15, -0.1) is 0 Å². The molecule has 2 N–H and O–H groups in total. The number of benzene rings is 1. The number of H-pyrrole nitrogens is 1. The number of fused-ring (bicyclic) bond motifs is 1. The summed E-state index contributed by atoms with van der Waals surface area (Å²) in [5.74, 6) is 2.18. The van der Waals surface area contributed by atoms with Crippen LogP contribution in [0.2, 0.25) is 0 Å². The molecule has 0 saturated carbocycles. The molecule has 3 aromatic rings. The molecule has 3 rings (SSSR count). The normalized spacial score (nSPS) is 12.8. The lowest BCUT2D eigenvalue weighted by molar-refractivity contribution is 0.469. The van der Waals surface area contributed by atoms with Gasteiger partial charge in [-0.3, -0.25) is 0 Å². The number of nitrogens with one attached hydrogen (secondary N) is 2. The fourth-order valence-electron chi connectivity index (χ4n) is 2.74. The average Bonchev–Trinajstić information content (AvgIpc) is 3.12. The lowest BCUT2D eigenvalue weighted by Crippen LogP contribution is -2.32. The van der Waals surface area contributed by atoms with Crippen LogP contribution in [0.1, 0.15) is 25.5 Å². The van der Waals surface area contributed by atoms with Gasteiger partial charge >= 0.3 is 0 Å². The maximum Gasteiger partial charge on any atom is 0.108 e. The van der Waals surface area contributed by atoms with Crippen molar-refractivity contribution in [2.75, 3.05) is 6.54 Å². The predicted octanol–water partition coefficient (Wildman–Crippen LogP) is 2.54. The lowest BCUT2D eigenvalue weighted by atomic mass is 10.3.